The number of hydrogen-bond donors (Lipinski definition) is 2. The third-order valence-corrected chi connectivity index (χ3v) is 7.89. The van der Waals surface area contributed by atoms with E-state index in [9.17, 15) is 4.79 Å². The van der Waals surface area contributed by atoms with E-state index in [0.717, 1.165) is 63.7 Å². The summed E-state index contributed by atoms with van der Waals surface area (Å²) >= 11 is 3.07. The van der Waals surface area contributed by atoms with Gasteiger partial charge in [0.05, 0.1) is 18.0 Å². The summed E-state index contributed by atoms with van der Waals surface area (Å²) in [5.74, 6) is 1.20. The third-order valence-electron chi connectivity index (χ3n) is 5.97. The van der Waals surface area contributed by atoms with Crippen molar-refractivity contribution in [2.45, 2.75) is 33.4 Å². The van der Waals surface area contributed by atoms with Crippen LogP contribution >= 0.6 is 22.7 Å². The highest BCUT2D eigenvalue weighted by molar-refractivity contribution is 7.17. The van der Waals surface area contributed by atoms with Crippen molar-refractivity contribution in [1.29, 1.82) is 0 Å². The van der Waals surface area contributed by atoms with Gasteiger partial charge in [-0.25, -0.2) is 14.8 Å². The normalized spacial score (nSPS) is 16.4. The Kier molecular flexibility index (Phi) is 7.05. The number of nitrogens with zero attached hydrogens (tertiary/aromatic N) is 5. The molecule has 0 aliphatic carbocycles. The number of anilines is 3. The SMILES string of the molecule is CCOC(=O)c1sc(Nc2nc3c(c(N4CCNCC4)n2)CCN(Cc2cccs2)C3)nc1C. The zero-order chi connectivity index (χ0) is 23.5. The van der Waals surface area contributed by atoms with Gasteiger partial charge in [0.1, 0.15) is 10.7 Å². The minimum atomic E-state index is -0.345. The Morgan fingerprint density at radius 2 is 2.09 bits per heavy atom. The number of ether oxygens (including phenoxy) is 1. The van der Waals surface area contributed by atoms with Gasteiger partial charge >= 0.3 is 5.97 Å². The van der Waals surface area contributed by atoms with Crippen LogP contribution in [0.3, 0.4) is 0 Å². The quantitative estimate of drug-likeness (QED) is 0.475. The van der Waals surface area contributed by atoms with Crippen LogP contribution in [-0.4, -0.2) is 65.2 Å². The van der Waals surface area contributed by atoms with E-state index in [1.165, 1.54) is 21.8 Å². The first-order chi connectivity index (χ1) is 16.6. The first-order valence-corrected chi connectivity index (χ1v) is 13.3. The molecule has 0 amide bonds. The smallest absolute Gasteiger partial charge is 0.350 e. The Balaban J connectivity index is 1.43. The predicted molar refractivity (Wildman–Crippen MR) is 135 cm³/mol. The number of carbonyl (C=O) groups is 1. The Hall–Kier alpha value is -2.60. The lowest BCUT2D eigenvalue weighted by atomic mass is 10.0. The highest BCUT2D eigenvalue weighted by atomic mass is 32.1. The number of thiophene rings is 1. The van der Waals surface area contributed by atoms with E-state index in [1.54, 1.807) is 18.3 Å². The van der Waals surface area contributed by atoms with Crippen molar-refractivity contribution in [2.75, 3.05) is 49.5 Å². The number of carbonyl (C=O) groups excluding carboxylic acids is 1. The van der Waals surface area contributed by atoms with Gasteiger partial charge in [-0.1, -0.05) is 17.4 Å². The van der Waals surface area contributed by atoms with Gasteiger partial charge in [0.25, 0.3) is 0 Å². The van der Waals surface area contributed by atoms with E-state index < -0.39 is 0 Å². The number of rotatable bonds is 7. The Morgan fingerprint density at radius 3 is 2.85 bits per heavy atom. The van der Waals surface area contributed by atoms with Gasteiger partial charge in [-0.15, -0.1) is 11.3 Å². The molecule has 2 N–H and O–H groups in total. The Labute approximate surface area is 207 Å². The molecular weight excluding hydrogens is 470 g/mol. The molecule has 0 radical (unpaired) electrons. The second-order valence-corrected chi connectivity index (χ2v) is 10.4. The lowest BCUT2D eigenvalue weighted by molar-refractivity contribution is 0.0531. The number of thiazole rings is 1. The molecule has 34 heavy (non-hydrogen) atoms. The van der Waals surface area contributed by atoms with Crippen molar-refractivity contribution in [3.63, 3.8) is 0 Å². The summed E-state index contributed by atoms with van der Waals surface area (Å²) in [6, 6.07) is 4.29. The molecule has 1 fully saturated rings. The van der Waals surface area contributed by atoms with Crippen molar-refractivity contribution in [3.05, 3.63) is 44.2 Å². The maximum absolute atomic E-state index is 12.2. The molecular formula is C23H29N7O2S2. The molecule has 11 heteroatoms. The maximum atomic E-state index is 12.2. The second-order valence-electron chi connectivity index (χ2n) is 8.35. The number of esters is 1. The van der Waals surface area contributed by atoms with Crippen LogP contribution in [0.2, 0.25) is 0 Å². The van der Waals surface area contributed by atoms with E-state index in [-0.39, 0.29) is 5.97 Å². The fourth-order valence-corrected chi connectivity index (χ4v) is 5.95. The van der Waals surface area contributed by atoms with Gasteiger partial charge < -0.3 is 15.0 Å². The fourth-order valence-electron chi connectivity index (χ4n) is 4.35. The maximum Gasteiger partial charge on any atom is 0.350 e. The molecule has 1 saturated heterocycles. The minimum Gasteiger partial charge on any atom is -0.462 e. The fraction of sp³-hybridized carbons (Fsp3) is 0.478. The van der Waals surface area contributed by atoms with Gasteiger partial charge in [0.2, 0.25) is 5.95 Å². The number of piperazine rings is 1. The zero-order valence-corrected chi connectivity index (χ0v) is 21.1. The number of hydrogen-bond acceptors (Lipinski definition) is 11. The van der Waals surface area contributed by atoms with Gasteiger partial charge in [-0.05, 0) is 31.7 Å². The summed E-state index contributed by atoms with van der Waals surface area (Å²) in [4.78, 5) is 33.3. The molecule has 5 heterocycles. The molecule has 0 atom stereocenters. The highest BCUT2D eigenvalue weighted by Gasteiger charge is 2.26. The van der Waals surface area contributed by atoms with E-state index >= 15 is 0 Å². The lowest BCUT2D eigenvalue weighted by Crippen LogP contribution is -2.45. The van der Waals surface area contributed by atoms with Crippen LogP contribution in [0.4, 0.5) is 16.9 Å². The summed E-state index contributed by atoms with van der Waals surface area (Å²) in [7, 11) is 0. The van der Waals surface area contributed by atoms with Crippen LogP contribution in [0.1, 0.15) is 38.4 Å². The van der Waals surface area contributed by atoms with Crippen molar-refractivity contribution >= 4 is 45.5 Å². The first-order valence-electron chi connectivity index (χ1n) is 11.6. The summed E-state index contributed by atoms with van der Waals surface area (Å²) in [6.45, 7) is 10.4. The van der Waals surface area contributed by atoms with E-state index in [1.807, 2.05) is 6.92 Å². The molecule has 5 rings (SSSR count). The van der Waals surface area contributed by atoms with Gasteiger partial charge in [0.15, 0.2) is 5.13 Å². The molecule has 0 spiro atoms. The van der Waals surface area contributed by atoms with Crippen molar-refractivity contribution in [2.24, 2.45) is 0 Å². The number of nitrogens with one attached hydrogen (secondary N) is 2. The molecule has 2 aliphatic rings. The number of fused-ring (bicyclic) bond motifs is 1. The number of aromatic nitrogens is 3. The summed E-state index contributed by atoms with van der Waals surface area (Å²) in [5, 5.41) is 9.41. The average Bonchev–Trinajstić information content (AvgIpc) is 3.48. The summed E-state index contributed by atoms with van der Waals surface area (Å²) in [5.41, 5.74) is 2.96. The Morgan fingerprint density at radius 1 is 1.24 bits per heavy atom. The second kappa shape index (κ2) is 10.3. The van der Waals surface area contributed by atoms with Crippen LogP contribution in [0, 0.1) is 6.92 Å². The molecule has 3 aromatic rings. The minimum absolute atomic E-state index is 0.336. The van der Waals surface area contributed by atoms with Gasteiger partial charge in [-0.2, -0.15) is 4.98 Å². The molecule has 3 aromatic heterocycles. The lowest BCUT2D eigenvalue weighted by Gasteiger charge is -2.34. The topological polar surface area (TPSA) is 95.5 Å². The van der Waals surface area contributed by atoms with E-state index in [2.05, 4.69) is 42.9 Å². The van der Waals surface area contributed by atoms with Crippen LogP contribution < -0.4 is 15.5 Å². The summed E-state index contributed by atoms with van der Waals surface area (Å²) in [6.07, 6.45) is 0.934. The van der Waals surface area contributed by atoms with Crippen molar-refractivity contribution in [3.8, 4) is 0 Å². The first kappa shape index (κ1) is 23.2. The summed E-state index contributed by atoms with van der Waals surface area (Å²) < 4.78 is 5.16. The van der Waals surface area contributed by atoms with Crippen molar-refractivity contribution in [1.82, 2.24) is 25.2 Å². The predicted octanol–water partition coefficient (Wildman–Crippen LogP) is 3.19. The molecule has 0 saturated carbocycles. The Bertz CT molecular complexity index is 1140. The van der Waals surface area contributed by atoms with E-state index in [4.69, 9.17) is 14.7 Å². The monoisotopic (exact) mass is 499 g/mol. The molecule has 0 aromatic carbocycles. The standard InChI is InChI=1S/C23H29N7O2S2/c1-3-32-21(31)19-15(2)25-23(34-19)28-22-26-18-14-29(13-16-5-4-12-33-16)9-6-17(18)20(27-22)30-10-7-24-8-11-30/h4-5,12,24H,3,6-11,13-14H2,1-2H3,(H,25,26,27,28). The van der Waals surface area contributed by atoms with Gasteiger partial charge in [-0.3, -0.25) is 10.2 Å². The van der Waals surface area contributed by atoms with Crippen LogP contribution in [-0.2, 0) is 24.2 Å². The molecule has 0 bridgehead atoms. The molecule has 2 aliphatic heterocycles. The number of aryl methyl sites for hydroxylation is 1. The molecule has 0 unspecified atom stereocenters. The highest BCUT2D eigenvalue weighted by Crippen LogP contribution is 2.31. The van der Waals surface area contributed by atoms with E-state index in [0.29, 0.717) is 28.3 Å². The average molecular weight is 500 g/mol. The molecule has 9 nitrogen and oxygen atoms in total. The van der Waals surface area contributed by atoms with Gasteiger partial charge in [0, 0.05) is 56.3 Å². The van der Waals surface area contributed by atoms with Crippen molar-refractivity contribution < 1.29 is 9.53 Å². The van der Waals surface area contributed by atoms with Crippen LogP contribution in [0.25, 0.3) is 0 Å². The largest absolute Gasteiger partial charge is 0.462 e. The van der Waals surface area contributed by atoms with Crippen LogP contribution in [0.15, 0.2) is 17.5 Å². The van der Waals surface area contributed by atoms with Crippen LogP contribution in [0.5, 0.6) is 0 Å². The molecule has 180 valence electrons. The zero-order valence-electron chi connectivity index (χ0n) is 19.5. The third kappa shape index (κ3) is 5.07.